The SMILES string of the molecule is CN(CCc1ccccn1)CC(O)COC1CCOCC1. The molecule has 1 aromatic heterocycles. The quantitative estimate of drug-likeness (QED) is 0.778. The molecule has 1 aromatic rings. The Morgan fingerprint density at radius 3 is 2.95 bits per heavy atom. The molecule has 1 saturated heterocycles. The molecule has 0 spiro atoms. The maximum atomic E-state index is 10.0. The maximum Gasteiger partial charge on any atom is 0.0900 e. The second-order valence-corrected chi connectivity index (χ2v) is 5.63. The predicted octanol–water partition coefficient (Wildman–Crippen LogP) is 1.11. The number of aliphatic hydroxyl groups is 1. The van der Waals surface area contributed by atoms with Crippen LogP contribution in [-0.4, -0.2) is 67.2 Å². The van der Waals surface area contributed by atoms with Crippen molar-refractivity contribution in [2.24, 2.45) is 0 Å². The van der Waals surface area contributed by atoms with Gasteiger partial charge in [-0.3, -0.25) is 4.98 Å². The van der Waals surface area contributed by atoms with Gasteiger partial charge in [-0.15, -0.1) is 0 Å². The van der Waals surface area contributed by atoms with Crippen molar-refractivity contribution in [1.29, 1.82) is 0 Å². The van der Waals surface area contributed by atoms with Crippen molar-refractivity contribution >= 4 is 0 Å². The van der Waals surface area contributed by atoms with E-state index < -0.39 is 6.10 Å². The van der Waals surface area contributed by atoms with Crippen LogP contribution in [0, 0.1) is 0 Å². The second-order valence-electron chi connectivity index (χ2n) is 5.63. The summed E-state index contributed by atoms with van der Waals surface area (Å²) < 4.78 is 11.0. The highest BCUT2D eigenvalue weighted by Gasteiger charge is 2.16. The molecule has 0 aromatic carbocycles. The zero-order valence-corrected chi connectivity index (χ0v) is 12.8. The molecular weight excluding hydrogens is 268 g/mol. The fourth-order valence-corrected chi connectivity index (χ4v) is 2.44. The molecule has 0 bridgehead atoms. The van der Waals surface area contributed by atoms with Gasteiger partial charge in [0.05, 0.1) is 18.8 Å². The minimum atomic E-state index is -0.443. The first-order valence-electron chi connectivity index (χ1n) is 7.70. The molecule has 2 rings (SSSR count). The normalized spacial score (nSPS) is 18.0. The Balaban J connectivity index is 1.59. The van der Waals surface area contributed by atoms with Crippen molar-refractivity contribution in [2.75, 3.05) is 40.0 Å². The summed E-state index contributed by atoms with van der Waals surface area (Å²) in [5.74, 6) is 0. The highest BCUT2D eigenvalue weighted by atomic mass is 16.5. The Morgan fingerprint density at radius 2 is 2.24 bits per heavy atom. The summed E-state index contributed by atoms with van der Waals surface area (Å²) >= 11 is 0. The molecule has 0 aliphatic carbocycles. The van der Waals surface area contributed by atoms with Gasteiger partial charge in [-0.2, -0.15) is 0 Å². The van der Waals surface area contributed by atoms with E-state index >= 15 is 0 Å². The van der Waals surface area contributed by atoms with E-state index in [1.54, 1.807) is 0 Å². The lowest BCUT2D eigenvalue weighted by Gasteiger charge is -2.25. The van der Waals surface area contributed by atoms with Gasteiger partial charge in [0.2, 0.25) is 0 Å². The van der Waals surface area contributed by atoms with Gasteiger partial charge in [0.1, 0.15) is 0 Å². The Labute approximate surface area is 126 Å². The molecule has 1 fully saturated rings. The molecule has 2 heterocycles. The second kappa shape index (κ2) is 9.10. The van der Waals surface area contributed by atoms with Crippen LogP contribution in [-0.2, 0) is 15.9 Å². The highest BCUT2D eigenvalue weighted by molar-refractivity contribution is 5.03. The number of hydrogen-bond acceptors (Lipinski definition) is 5. The highest BCUT2D eigenvalue weighted by Crippen LogP contribution is 2.11. The Bertz CT molecular complexity index is 382. The van der Waals surface area contributed by atoms with Crippen molar-refractivity contribution in [3.63, 3.8) is 0 Å². The van der Waals surface area contributed by atoms with Crippen LogP contribution < -0.4 is 0 Å². The molecule has 1 unspecified atom stereocenters. The van der Waals surface area contributed by atoms with E-state index in [4.69, 9.17) is 9.47 Å². The minimum absolute atomic E-state index is 0.243. The molecule has 21 heavy (non-hydrogen) atoms. The zero-order chi connectivity index (χ0) is 14.9. The van der Waals surface area contributed by atoms with E-state index in [-0.39, 0.29) is 6.10 Å². The van der Waals surface area contributed by atoms with Crippen LogP contribution >= 0.6 is 0 Å². The molecule has 1 aliphatic heterocycles. The van der Waals surface area contributed by atoms with Crippen LogP contribution in [0.25, 0.3) is 0 Å². The van der Waals surface area contributed by atoms with E-state index in [9.17, 15) is 5.11 Å². The lowest BCUT2D eigenvalue weighted by molar-refractivity contribution is -0.0630. The number of nitrogens with zero attached hydrogens (tertiary/aromatic N) is 2. The molecule has 1 atom stereocenters. The van der Waals surface area contributed by atoms with Gasteiger partial charge in [0, 0.05) is 44.6 Å². The summed E-state index contributed by atoms with van der Waals surface area (Å²) in [4.78, 5) is 6.42. The molecule has 5 nitrogen and oxygen atoms in total. The van der Waals surface area contributed by atoms with Gasteiger partial charge < -0.3 is 19.5 Å². The fourth-order valence-electron chi connectivity index (χ4n) is 2.44. The number of likely N-dealkylation sites (N-methyl/N-ethyl adjacent to an activating group) is 1. The van der Waals surface area contributed by atoms with E-state index in [0.29, 0.717) is 13.2 Å². The Hall–Kier alpha value is -1.01. The van der Waals surface area contributed by atoms with Crippen molar-refractivity contribution < 1.29 is 14.6 Å². The number of aromatic nitrogens is 1. The molecule has 0 saturated carbocycles. The summed E-state index contributed by atoms with van der Waals surface area (Å²) in [6.07, 6.45) is 4.37. The molecule has 1 aliphatic rings. The van der Waals surface area contributed by atoms with Crippen molar-refractivity contribution in [1.82, 2.24) is 9.88 Å². The standard InChI is InChI=1S/C16H26N2O3/c1-18(9-5-14-4-2-3-8-17-14)12-15(19)13-21-16-6-10-20-11-7-16/h2-4,8,15-16,19H,5-7,9-13H2,1H3. The van der Waals surface area contributed by atoms with E-state index in [1.165, 1.54) is 0 Å². The van der Waals surface area contributed by atoms with E-state index in [2.05, 4.69) is 9.88 Å². The summed E-state index contributed by atoms with van der Waals surface area (Å²) in [6.45, 7) is 3.44. The topological polar surface area (TPSA) is 54.8 Å². The van der Waals surface area contributed by atoms with Crippen LogP contribution in [0.4, 0.5) is 0 Å². The third-order valence-corrected chi connectivity index (χ3v) is 3.69. The Morgan fingerprint density at radius 1 is 1.43 bits per heavy atom. The monoisotopic (exact) mass is 294 g/mol. The average Bonchev–Trinajstić information content (AvgIpc) is 2.53. The summed E-state index contributed by atoms with van der Waals surface area (Å²) in [7, 11) is 2.01. The van der Waals surface area contributed by atoms with Crippen molar-refractivity contribution in [3.8, 4) is 0 Å². The van der Waals surface area contributed by atoms with E-state index in [1.807, 2.05) is 31.4 Å². The average molecular weight is 294 g/mol. The largest absolute Gasteiger partial charge is 0.389 e. The lowest BCUT2D eigenvalue weighted by Crippen LogP contribution is -2.35. The molecular formula is C16H26N2O3. The van der Waals surface area contributed by atoms with Crippen LogP contribution in [0.2, 0.25) is 0 Å². The summed E-state index contributed by atoms with van der Waals surface area (Å²) in [5.41, 5.74) is 1.08. The third kappa shape index (κ3) is 6.52. The van der Waals surface area contributed by atoms with E-state index in [0.717, 1.165) is 44.7 Å². The first kappa shape index (κ1) is 16.4. The molecule has 0 radical (unpaired) electrons. The summed E-state index contributed by atoms with van der Waals surface area (Å²) in [5, 5.41) is 10.0. The number of hydrogen-bond donors (Lipinski definition) is 1. The van der Waals surface area contributed by atoms with Gasteiger partial charge in [0.25, 0.3) is 0 Å². The predicted molar refractivity (Wildman–Crippen MR) is 81.2 cm³/mol. The fraction of sp³-hybridized carbons (Fsp3) is 0.688. The number of pyridine rings is 1. The van der Waals surface area contributed by atoms with Crippen LogP contribution in [0.1, 0.15) is 18.5 Å². The van der Waals surface area contributed by atoms with Gasteiger partial charge >= 0.3 is 0 Å². The smallest absolute Gasteiger partial charge is 0.0900 e. The maximum absolute atomic E-state index is 10.0. The minimum Gasteiger partial charge on any atom is -0.389 e. The molecule has 118 valence electrons. The van der Waals surface area contributed by atoms with Gasteiger partial charge in [-0.25, -0.2) is 0 Å². The number of aliphatic hydroxyl groups excluding tert-OH is 1. The first-order valence-corrected chi connectivity index (χ1v) is 7.70. The number of ether oxygens (including phenoxy) is 2. The zero-order valence-electron chi connectivity index (χ0n) is 12.8. The van der Waals surface area contributed by atoms with Crippen molar-refractivity contribution in [2.45, 2.75) is 31.5 Å². The third-order valence-electron chi connectivity index (χ3n) is 3.69. The van der Waals surface area contributed by atoms with Gasteiger partial charge in [-0.05, 0) is 32.0 Å². The van der Waals surface area contributed by atoms with Gasteiger partial charge in [-0.1, -0.05) is 6.07 Å². The first-order chi connectivity index (χ1) is 10.2. The van der Waals surface area contributed by atoms with Crippen molar-refractivity contribution in [3.05, 3.63) is 30.1 Å². The lowest BCUT2D eigenvalue weighted by atomic mass is 10.1. The van der Waals surface area contributed by atoms with Crippen LogP contribution in [0.15, 0.2) is 24.4 Å². The van der Waals surface area contributed by atoms with Crippen LogP contribution in [0.5, 0.6) is 0 Å². The van der Waals surface area contributed by atoms with Gasteiger partial charge in [0.15, 0.2) is 0 Å². The molecule has 0 amide bonds. The molecule has 1 N–H and O–H groups in total. The summed E-state index contributed by atoms with van der Waals surface area (Å²) in [6, 6.07) is 5.95. The molecule has 5 heteroatoms. The van der Waals surface area contributed by atoms with Crippen LogP contribution in [0.3, 0.4) is 0 Å². The number of rotatable bonds is 8. The Kier molecular flexibility index (Phi) is 7.09.